The SMILES string of the molecule is C[CH2][Hf][CH3]. The van der Waals surface area contributed by atoms with Crippen molar-refractivity contribution in [3.63, 3.8) is 0 Å². The molecule has 0 spiro atoms. The van der Waals surface area contributed by atoms with Crippen LogP contribution in [0.3, 0.4) is 0 Å². The minimum atomic E-state index is 0.0664. The molecule has 0 aliphatic carbocycles. The Hall–Kier alpha value is 0.870. The molecule has 4 heavy (non-hydrogen) atoms. The van der Waals surface area contributed by atoms with E-state index in [-0.39, 0.29) is 22.9 Å². The van der Waals surface area contributed by atoms with Gasteiger partial charge < -0.3 is 0 Å². The van der Waals surface area contributed by atoms with Gasteiger partial charge in [0.2, 0.25) is 0 Å². The van der Waals surface area contributed by atoms with Crippen molar-refractivity contribution in [2.75, 3.05) is 0 Å². The van der Waals surface area contributed by atoms with E-state index in [1.165, 1.54) is 4.18 Å². The van der Waals surface area contributed by atoms with Gasteiger partial charge in [0.05, 0.1) is 0 Å². The zero-order chi connectivity index (χ0) is 3.41. The quantitative estimate of drug-likeness (QED) is 0.591. The summed E-state index contributed by atoms with van der Waals surface area (Å²) in [6, 6.07) is 0. The van der Waals surface area contributed by atoms with E-state index in [4.69, 9.17) is 0 Å². The van der Waals surface area contributed by atoms with E-state index in [1.54, 1.807) is 0 Å². The van der Waals surface area contributed by atoms with Crippen molar-refractivity contribution < 1.29 is 22.9 Å². The molecular formula is C3H8Hf. The second-order valence-corrected chi connectivity index (χ2v) is 5.79. The van der Waals surface area contributed by atoms with Crippen molar-refractivity contribution in [2.45, 2.75) is 15.8 Å². The first-order valence-corrected chi connectivity index (χ1v) is 7.69. The van der Waals surface area contributed by atoms with E-state index in [0.29, 0.717) is 0 Å². The molecule has 0 atom stereocenters. The Labute approximate surface area is 39.0 Å². The first kappa shape index (κ1) is 4.87. The number of hydrogen-bond acceptors (Lipinski definition) is 0. The molecule has 0 aromatic heterocycles. The Balaban J connectivity index is 1.97. The molecule has 0 nitrogen and oxygen atoms in total. The summed E-state index contributed by atoms with van der Waals surface area (Å²) >= 11 is 0.0664. The summed E-state index contributed by atoms with van der Waals surface area (Å²) in [7, 11) is 0. The van der Waals surface area contributed by atoms with Crippen molar-refractivity contribution in [3.05, 3.63) is 0 Å². The van der Waals surface area contributed by atoms with Crippen LogP contribution in [0, 0.1) is 0 Å². The Bertz CT molecular complexity index is 5.25. The summed E-state index contributed by atoms with van der Waals surface area (Å²) in [4.78, 5) is 0. The van der Waals surface area contributed by atoms with Crippen LogP contribution in [0.1, 0.15) is 6.92 Å². The van der Waals surface area contributed by atoms with E-state index in [2.05, 4.69) is 11.6 Å². The Morgan fingerprint density at radius 1 is 1.75 bits per heavy atom. The molecule has 0 aliphatic heterocycles. The normalized spacial score (nSPS) is 6.50. The van der Waals surface area contributed by atoms with E-state index in [0.717, 1.165) is 0 Å². The van der Waals surface area contributed by atoms with Crippen molar-refractivity contribution in [2.24, 2.45) is 0 Å². The van der Waals surface area contributed by atoms with Crippen LogP contribution in [-0.4, -0.2) is 0 Å². The van der Waals surface area contributed by atoms with Crippen LogP contribution < -0.4 is 0 Å². The summed E-state index contributed by atoms with van der Waals surface area (Å²) in [5.41, 5.74) is 0. The zero-order valence-corrected chi connectivity index (χ0v) is 6.80. The summed E-state index contributed by atoms with van der Waals surface area (Å²) < 4.78 is 3.89. The molecule has 0 fully saturated rings. The monoisotopic (exact) mass is 224 g/mol. The molecule has 0 heterocycles. The molecule has 0 N–H and O–H groups in total. The third kappa shape index (κ3) is 2.87. The van der Waals surface area contributed by atoms with Gasteiger partial charge >= 0.3 is 38.7 Å². The second kappa shape index (κ2) is 3.87. The fourth-order valence-corrected chi connectivity index (χ4v) is 0. The van der Waals surface area contributed by atoms with Gasteiger partial charge in [0, 0.05) is 0 Å². The average Bonchev–Trinajstić information content (AvgIpc) is 1.37. The van der Waals surface area contributed by atoms with Crippen LogP contribution in [0.2, 0.25) is 8.86 Å². The molecule has 0 rings (SSSR count). The van der Waals surface area contributed by atoms with Gasteiger partial charge in [-0.05, 0) is 0 Å². The topological polar surface area (TPSA) is 0 Å². The standard InChI is InChI=1S/C2H5.CH3.Hf/c1-2;;/h1H2,2H3;1H3;. The third-order valence-electron chi connectivity index (χ3n) is 0.354. The van der Waals surface area contributed by atoms with Gasteiger partial charge in [0.15, 0.2) is 0 Å². The molecule has 0 aromatic carbocycles. The Kier molecular flexibility index (Phi) is 4.71. The van der Waals surface area contributed by atoms with Gasteiger partial charge in [0.1, 0.15) is 0 Å². The summed E-state index contributed by atoms with van der Waals surface area (Å²) in [6.45, 7) is 2.27. The van der Waals surface area contributed by atoms with Gasteiger partial charge in [-0.1, -0.05) is 0 Å². The van der Waals surface area contributed by atoms with Gasteiger partial charge in [-0.2, -0.15) is 0 Å². The fourth-order valence-electron chi connectivity index (χ4n) is 0. The molecule has 1 heteroatoms. The van der Waals surface area contributed by atoms with Crippen molar-refractivity contribution in [1.29, 1.82) is 0 Å². The molecule has 0 saturated carbocycles. The molecule has 0 bridgehead atoms. The Morgan fingerprint density at radius 3 is 2.00 bits per heavy atom. The van der Waals surface area contributed by atoms with Crippen molar-refractivity contribution in [3.8, 4) is 0 Å². The molecular weight excluding hydrogens is 215 g/mol. The molecule has 0 aromatic rings. The van der Waals surface area contributed by atoms with Crippen molar-refractivity contribution >= 4 is 0 Å². The summed E-state index contributed by atoms with van der Waals surface area (Å²) in [5, 5.41) is 0. The Morgan fingerprint density at radius 2 is 2.00 bits per heavy atom. The first-order valence-electron chi connectivity index (χ1n) is 1.56. The van der Waals surface area contributed by atoms with Crippen LogP contribution in [0.4, 0.5) is 0 Å². The molecule has 0 unspecified atom stereocenters. The van der Waals surface area contributed by atoms with Crippen LogP contribution in [0.15, 0.2) is 0 Å². The average molecular weight is 223 g/mol. The van der Waals surface area contributed by atoms with Crippen LogP contribution >= 0.6 is 0 Å². The zero-order valence-electron chi connectivity index (χ0n) is 3.21. The fraction of sp³-hybridized carbons (Fsp3) is 1.00. The van der Waals surface area contributed by atoms with Crippen LogP contribution in [0.25, 0.3) is 0 Å². The number of hydrogen-bond donors (Lipinski definition) is 0. The van der Waals surface area contributed by atoms with E-state index < -0.39 is 0 Å². The second-order valence-electron chi connectivity index (χ2n) is 0.707. The molecule has 24 valence electrons. The molecule has 0 saturated heterocycles. The van der Waals surface area contributed by atoms with Crippen LogP contribution in [-0.2, 0) is 22.9 Å². The predicted octanol–water partition coefficient (Wildman–Crippen LogP) is 1.56. The van der Waals surface area contributed by atoms with Gasteiger partial charge in [-0.15, -0.1) is 0 Å². The van der Waals surface area contributed by atoms with Crippen molar-refractivity contribution in [1.82, 2.24) is 0 Å². The third-order valence-corrected chi connectivity index (χ3v) is 2.89. The van der Waals surface area contributed by atoms with Gasteiger partial charge in [0.25, 0.3) is 0 Å². The van der Waals surface area contributed by atoms with Gasteiger partial charge in [-0.3, -0.25) is 0 Å². The van der Waals surface area contributed by atoms with Crippen LogP contribution in [0.5, 0.6) is 0 Å². The minimum absolute atomic E-state index is 0.0664. The van der Waals surface area contributed by atoms with Gasteiger partial charge in [-0.25, -0.2) is 0 Å². The van der Waals surface area contributed by atoms with E-state index >= 15 is 0 Å². The molecule has 0 aliphatic rings. The molecule has 0 amide bonds. The summed E-state index contributed by atoms with van der Waals surface area (Å²) in [5.74, 6) is 0. The van der Waals surface area contributed by atoms with E-state index in [1.807, 2.05) is 0 Å². The first-order chi connectivity index (χ1) is 1.91. The summed E-state index contributed by atoms with van der Waals surface area (Å²) in [6.07, 6.45) is 0. The maximum absolute atomic E-state index is 2.38. The maximum atomic E-state index is 2.38. The predicted molar refractivity (Wildman–Crippen MR) is 16.3 cm³/mol. The van der Waals surface area contributed by atoms with E-state index in [9.17, 15) is 0 Å². The number of rotatable bonds is 1. The molecule has 0 radical (unpaired) electrons.